The predicted molar refractivity (Wildman–Crippen MR) is 93.4 cm³/mol. The van der Waals surface area contributed by atoms with Crippen molar-refractivity contribution < 1.29 is 14.3 Å². The first-order chi connectivity index (χ1) is 12.2. The molecule has 0 unspecified atom stereocenters. The molecule has 1 N–H and O–H groups in total. The minimum Gasteiger partial charge on any atom is -0.376 e. The van der Waals surface area contributed by atoms with Crippen molar-refractivity contribution in [2.45, 2.75) is 31.9 Å². The second-order valence-corrected chi connectivity index (χ2v) is 6.11. The standard InChI is InChI=1S/C18H23N3O4/c22-17(13-24-12-15-6-3-4-10-25-15)19-8-9-21-18(23)16-7-2-1-5-14(16)11-20-21/h1-2,5,7,11,15H,3-4,6,8-10,12-13H2,(H,19,22)/t15-/m1/s1. The number of rotatable bonds is 7. The van der Waals surface area contributed by atoms with E-state index in [1.165, 1.54) is 4.68 Å². The van der Waals surface area contributed by atoms with Crippen molar-refractivity contribution in [3.05, 3.63) is 40.8 Å². The van der Waals surface area contributed by atoms with Gasteiger partial charge in [-0.1, -0.05) is 18.2 Å². The van der Waals surface area contributed by atoms with E-state index < -0.39 is 0 Å². The van der Waals surface area contributed by atoms with Gasteiger partial charge in [0.1, 0.15) is 6.61 Å². The van der Waals surface area contributed by atoms with E-state index in [0.717, 1.165) is 31.3 Å². The second-order valence-electron chi connectivity index (χ2n) is 6.11. The first-order valence-electron chi connectivity index (χ1n) is 8.65. The summed E-state index contributed by atoms with van der Waals surface area (Å²) in [5.74, 6) is -0.204. The van der Waals surface area contributed by atoms with E-state index in [9.17, 15) is 9.59 Å². The highest BCUT2D eigenvalue weighted by molar-refractivity contribution is 5.80. The van der Waals surface area contributed by atoms with Gasteiger partial charge in [-0.25, -0.2) is 4.68 Å². The smallest absolute Gasteiger partial charge is 0.274 e. The maximum atomic E-state index is 12.3. The zero-order chi connectivity index (χ0) is 17.5. The number of carbonyl (C=O) groups is 1. The molecule has 1 atom stereocenters. The van der Waals surface area contributed by atoms with Gasteiger partial charge in [0, 0.05) is 18.5 Å². The van der Waals surface area contributed by atoms with Gasteiger partial charge in [-0.3, -0.25) is 9.59 Å². The van der Waals surface area contributed by atoms with Crippen LogP contribution in [0.15, 0.2) is 35.3 Å². The second kappa shape index (κ2) is 8.73. The van der Waals surface area contributed by atoms with Crippen molar-refractivity contribution in [1.82, 2.24) is 15.1 Å². The van der Waals surface area contributed by atoms with Crippen molar-refractivity contribution in [3.63, 3.8) is 0 Å². The van der Waals surface area contributed by atoms with Gasteiger partial charge < -0.3 is 14.8 Å². The van der Waals surface area contributed by atoms with E-state index in [2.05, 4.69) is 10.4 Å². The molecule has 2 aromatic rings. The monoisotopic (exact) mass is 345 g/mol. The van der Waals surface area contributed by atoms with Crippen molar-refractivity contribution in [1.29, 1.82) is 0 Å². The summed E-state index contributed by atoms with van der Waals surface area (Å²) in [6, 6.07) is 7.31. The van der Waals surface area contributed by atoms with Crippen molar-refractivity contribution >= 4 is 16.7 Å². The number of aromatic nitrogens is 2. The average molecular weight is 345 g/mol. The van der Waals surface area contributed by atoms with Gasteiger partial charge in [-0.2, -0.15) is 5.10 Å². The molecule has 0 radical (unpaired) electrons. The lowest BCUT2D eigenvalue weighted by molar-refractivity contribution is -0.127. The first-order valence-corrected chi connectivity index (χ1v) is 8.65. The normalized spacial score (nSPS) is 17.5. The molecule has 0 spiro atoms. The van der Waals surface area contributed by atoms with E-state index >= 15 is 0 Å². The molecule has 1 aromatic carbocycles. The molecule has 7 nitrogen and oxygen atoms in total. The van der Waals surface area contributed by atoms with Crippen LogP contribution in [0.1, 0.15) is 19.3 Å². The summed E-state index contributed by atoms with van der Waals surface area (Å²) in [5, 5.41) is 8.31. The Morgan fingerprint density at radius 1 is 1.36 bits per heavy atom. The molecule has 0 saturated carbocycles. The van der Waals surface area contributed by atoms with Gasteiger partial charge in [0.15, 0.2) is 0 Å². The Balaban J connectivity index is 1.41. The van der Waals surface area contributed by atoms with Gasteiger partial charge in [0.25, 0.3) is 5.56 Å². The Bertz CT molecular complexity index is 768. The summed E-state index contributed by atoms with van der Waals surface area (Å²) in [4.78, 5) is 24.1. The Hall–Kier alpha value is -2.25. The number of amides is 1. The summed E-state index contributed by atoms with van der Waals surface area (Å²) >= 11 is 0. The highest BCUT2D eigenvalue weighted by atomic mass is 16.5. The molecule has 3 rings (SSSR count). The fraction of sp³-hybridized carbons (Fsp3) is 0.500. The van der Waals surface area contributed by atoms with Gasteiger partial charge in [-0.15, -0.1) is 0 Å². The molecule has 1 saturated heterocycles. The lowest BCUT2D eigenvalue weighted by Gasteiger charge is -2.22. The largest absolute Gasteiger partial charge is 0.376 e. The lowest BCUT2D eigenvalue weighted by atomic mass is 10.1. The van der Waals surface area contributed by atoms with E-state index in [-0.39, 0.29) is 24.2 Å². The molecule has 1 aromatic heterocycles. The van der Waals surface area contributed by atoms with Gasteiger partial charge in [0.2, 0.25) is 5.91 Å². The van der Waals surface area contributed by atoms with Crippen LogP contribution in [-0.2, 0) is 20.8 Å². The third-order valence-electron chi connectivity index (χ3n) is 4.22. The van der Waals surface area contributed by atoms with Gasteiger partial charge >= 0.3 is 0 Å². The Morgan fingerprint density at radius 3 is 3.08 bits per heavy atom. The summed E-state index contributed by atoms with van der Waals surface area (Å²) in [7, 11) is 0. The van der Waals surface area contributed by atoms with Crippen LogP contribution in [0, 0.1) is 0 Å². The number of nitrogens with zero attached hydrogens (tertiary/aromatic N) is 2. The fourth-order valence-corrected chi connectivity index (χ4v) is 2.86. The number of hydrogen-bond acceptors (Lipinski definition) is 5. The molecule has 25 heavy (non-hydrogen) atoms. The highest BCUT2D eigenvalue weighted by Gasteiger charge is 2.14. The van der Waals surface area contributed by atoms with E-state index in [1.807, 2.05) is 18.2 Å². The maximum absolute atomic E-state index is 12.3. The predicted octanol–water partition coefficient (Wildman–Crippen LogP) is 1.10. The van der Waals surface area contributed by atoms with Crippen molar-refractivity contribution in [3.8, 4) is 0 Å². The SMILES string of the molecule is O=C(COC[C@H]1CCCCO1)NCCn1ncc2ccccc2c1=O. The molecule has 134 valence electrons. The van der Waals surface area contributed by atoms with Crippen LogP contribution in [-0.4, -0.2) is 48.2 Å². The molecule has 1 amide bonds. The summed E-state index contributed by atoms with van der Waals surface area (Å²) in [5.41, 5.74) is -0.155. The fourth-order valence-electron chi connectivity index (χ4n) is 2.86. The van der Waals surface area contributed by atoms with E-state index in [1.54, 1.807) is 12.3 Å². The highest BCUT2D eigenvalue weighted by Crippen LogP contribution is 2.12. The number of ether oxygens (including phenoxy) is 2. The zero-order valence-electron chi connectivity index (χ0n) is 14.1. The molecule has 1 aliphatic rings. The van der Waals surface area contributed by atoms with Crippen LogP contribution < -0.4 is 10.9 Å². The molecular weight excluding hydrogens is 322 g/mol. The molecular formula is C18H23N3O4. The minimum absolute atomic E-state index is 0.0000916. The number of fused-ring (bicyclic) bond motifs is 1. The third-order valence-corrected chi connectivity index (χ3v) is 4.22. The zero-order valence-corrected chi connectivity index (χ0v) is 14.1. The number of carbonyl (C=O) groups excluding carboxylic acids is 1. The van der Waals surface area contributed by atoms with Crippen LogP contribution in [0.2, 0.25) is 0 Å². The Kier molecular flexibility index (Phi) is 6.14. The first kappa shape index (κ1) is 17.6. The molecule has 1 fully saturated rings. The van der Waals surface area contributed by atoms with Gasteiger partial charge in [-0.05, 0) is 25.3 Å². The molecule has 1 aliphatic heterocycles. The van der Waals surface area contributed by atoms with Crippen molar-refractivity contribution in [2.24, 2.45) is 0 Å². The number of nitrogens with one attached hydrogen (secondary N) is 1. The number of benzene rings is 1. The Labute approximate surface area is 145 Å². The average Bonchev–Trinajstić information content (AvgIpc) is 2.65. The molecule has 0 bridgehead atoms. The van der Waals surface area contributed by atoms with Crippen LogP contribution in [0.5, 0.6) is 0 Å². The summed E-state index contributed by atoms with van der Waals surface area (Å²) < 4.78 is 12.3. The van der Waals surface area contributed by atoms with Gasteiger partial charge in [0.05, 0.1) is 30.8 Å². The molecule has 7 heteroatoms. The summed E-state index contributed by atoms with van der Waals surface area (Å²) in [6.07, 6.45) is 4.98. The third kappa shape index (κ3) is 4.87. The van der Waals surface area contributed by atoms with E-state index in [4.69, 9.17) is 9.47 Å². The van der Waals surface area contributed by atoms with Crippen LogP contribution in [0.4, 0.5) is 0 Å². The topological polar surface area (TPSA) is 82.4 Å². The number of hydrogen-bond donors (Lipinski definition) is 1. The molecule has 2 heterocycles. The van der Waals surface area contributed by atoms with Crippen LogP contribution in [0.25, 0.3) is 10.8 Å². The summed E-state index contributed by atoms with van der Waals surface area (Å²) in [6.45, 7) is 1.86. The lowest BCUT2D eigenvalue weighted by Crippen LogP contribution is -2.35. The molecule has 0 aliphatic carbocycles. The maximum Gasteiger partial charge on any atom is 0.274 e. The quantitative estimate of drug-likeness (QED) is 0.812. The van der Waals surface area contributed by atoms with Crippen molar-refractivity contribution in [2.75, 3.05) is 26.4 Å². The van der Waals surface area contributed by atoms with Crippen LogP contribution >= 0.6 is 0 Å². The van der Waals surface area contributed by atoms with Crippen LogP contribution in [0.3, 0.4) is 0 Å². The van der Waals surface area contributed by atoms with E-state index in [0.29, 0.717) is 25.1 Å². The minimum atomic E-state index is -0.204. The Morgan fingerprint density at radius 2 is 2.24 bits per heavy atom.